The number of rotatable bonds is 4. The molecule has 2 heterocycles. The van der Waals surface area contributed by atoms with Crippen LogP contribution in [-0.4, -0.2) is 42.3 Å². The summed E-state index contributed by atoms with van der Waals surface area (Å²) >= 11 is 0. The summed E-state index contributed by atoms with van der Waals surface area (Å²) in [5.74, 6) is -0.585. The molecule has 4 rings (SSSR count). The van der Waals surface area contributed by atoms with Crippen LogP contribution in [-0.2, 0) is 4.79 Å². The van der Waals surface area contributed by atoms with Crippen molar-refractivity contribution in [1.29, 1.82) is 0 Å². The van der Waals surface area contributed by atoms with Crippen LogP contribution in [0.15, 0.2) is 24.3 Å². The standard InChI is InChI=1S/C19H23F3N2O2.ClH/c1-24(13-8-11-6-7-12(9-13)23-11)18(25)16-10-15(16)14-4-2-3-5-17(14)26-19(20,21)22;/h2-5,11-13,15-16,23H,6-10H2,1H3;1H. The van der Waals surface area contributed by atoms with E-state index in [1.807, 2.05) is 11.9 Å². The molecule has 1 N–H and O–H groups in total. The lowest BCUT2D eigenvalue weighted by atomic mass is 9.98. The Hall–Kier alpha value is -1.47. The van der Waals surface area contributed by atoms with E-state index in [-0.39, 0.29) is 41.9 Å². The zero-order chi connectivity index (χ0) is 18.5. The zero-order valence-corrected chi connectivity index (χ0v) is 15.9. The Morgan fingerprint density at radius 3 is 2.41 bits per heavy atom. The third-order valence-electron chi connectivity index (χ3n) is 6.00. The topological polar surface area (TPSA) is 41.6 Å². The molecule has 1 aliphatic carbocycles. The molecule has 3 fully saturated rings. The Bertz CT molecular complexity index is 688. The number of nitrogens with zero attached hydrogens (tertiary/aromatic N) is 1. The number of fused-ring (bicyclic) bond motifs is 2. The molecule has 1 saturated carbocycles. The molecule has 2 saturated heterocycles. The average Bonchev–Trinajstić information content (AvgIpc) is 3.31. The smallest absolute Gasteiger partial charge is 0.405 e. The zero-order valence-electron chi connectivity index (χ0n) is 15.0. The highest BCUT2D eigenvalue weighted by molar-refractivity contribution is 5.85. The molecule has 3 aliphatic rings. The van der Waals surface area contributed by atoms with Gasteiger partial charge in [0.05, 0.1) is 0 Å². The van der Waals surface area contributed by atoms with E-state index >= 15 is 0 Å². The lowest BCUT2D eigenvalue weighted by Crippen LogP contribution is -2.49. The van der Waals surface area contributed by atoms with Crippen LogP contribution >= 0.6 is 12.4 Å². The molecular weight excluding hydrogens is 381 g/mol. The molecule has 150 valence electrons. The number of para-hydroxylation sites is 1. The summed E-state index contributed by atoms with van der Waals surface area (Å²) in [4.78, 5) is 14.7. The molecule has 0 aromatic heterocycles. The lowest BCUT2D eigenvalue weighted by Gasteiger charge is -2.35. The van der Waals surface area contributed by atoms with E-state index in [1.54, 1.807) is 12.1 Å². The molecule has 4 nitrogen and oxygen atoms in total. The fourth-order valence-electron chi connectivity index (χ4n) is 4.60. The summed E-state index contributed by atoms with van der Waals surface area (Å²) in [6.45, 7) is 0. The number of amides is 1. The lowest BCUT2D eigenvalue weighted by molar-refractivity contribution is -0.274. The first-order chi connectivity index (χ1) is 12.3. The summed E-state index contributed by atoms with van der Waals surface area (Å²) in [5.41, 5.74) is 0.474. The van der Waals surface area contributed by atoms with E-state index in [4.69, 9.17) is 0 Å². The Labute approximate surface area is 162 Å². The van der Waals surface area contributed by atoms with Gasteiger partial charge in [-0.1, -0.05) is 18.2 Å². The first kappa shape index (κ1) is 20.3. The summed E-state index contributed by atoms with van der Waals surface area (Å²) in [7, 11) is 1.84. The Balaban J connectivity index is 0.00000210. The number of piperidine rings is 1. The van der Waals surface area contributed by atoms with E-state index in [0.29, 0.717) is 24.1 Å². The van der Waals surface area contributed by atoms with Crippen LogP contribution < -0.4 is 10.1 Å². The molecular formula is C19H24ClF3N2O2. The molecule has 4 atom stereocenters. The maximum Gasteiger partial charge on any atom is 0.573 e. The molecule has 2 aliphatic heterocycles. The number of carbonyl (C=O) groups is 1. The third-order valence-corrected chi connectivity index (χ3v) is 6.00. The van der Waals surface area contributed by atoms with E-state index in [1.165, 1.54) is 12.1 Å². The second-order valence-electron chi connectivity index (χ2n) is 7.75. The van der Waals surface area contributed by atoms with Gasteiger partial charge in [-0.2, -0.15) is 0 Å². The summed E-state index contributed by atoms with van der Waals surface area (Å²) in [6, 6.07) is 7.35. The molecule has 2 bridgehead atoms. The quantitative estimate of drug-likeness (QED) is 0.828. The van der Waals surface area contributed by atoms with Crippen molar-refractivity contribution in [3.63, 3.8) is 0 Å². The van der Waals surface area contributed by atoms with E-state index < -0.39 is 6.36 Å². The van der Waals surface area contributed by atoms with Crippen LogP contribution in [0.2, 0.25) is 0 Å². The van der Waals surface area contributed by atoms with Gasteiger partial charge in [0.1, 0.15) is 5.75 Å². The monoisotopic (exact) mass is 404 g/mol. The van der Waals surface area contributed by atoms with Gasteiger partial charge in [0.15, 0.2) is 0 Å². The van der Waals surface area contributed by atoms with Crippen molar-refractivity contribution in [3.8, 4) is 5.75 Å². The first-order valence-corrected chi connectivity index (χ1v) is 9.19. The van der Waals surface area contributed by atoms with Gasteiger partial charge in [-0.05, 0) is 49.7 Å². The minimum atomic E-state index is -4.73. The van der Waals surface area contributed by atoms with Crippen molar-refractivity contribution < 1.29 is 22.7 Å². The maximum absolute atomic E-state index is 12.9. The van der Waals surface area contributed by atoms with Gasteiger partial charge in [-0.3, -0.25) is 4.79 Å². The highest BCUT2D eigenvalue weighted by Gasteiger charge is 2.49. The normalized spacial score (nSPS) is 31.8. The van der Waals surface area contributed by atoms with Gasteiger partial charge in [0.2, 0.25) is 5.91 Å². The van der Waals surface area contributed by atoms with Crippen molar-refractivity contribution in [3.05, 3.63) is 29.8 Å². The number of nitrogens with one attached hydrogen (secondary N) is 1. The van der Waals surface area contributed by atoms with Gasteiger partial charge in [-0.25, -0.2) is 0 Å². The number of carbonyl (C=O) groups excluding carboxylic acids is 1. The molecule has 1 aromatic rings. The molecule has 4 unspecified atom stereocenters. The Morgan fingerprint density at radius 1 is 1.15 bits per heavy atom. The molecule has 0 spiro atoms. The number of halogens is 4. The van der Waals surface area contributed by atoms with Crippen LogP contribution in [0.1, 0.15) is 43.6 Å². The fraction of sp³-hybridized carbons (Fsp3) is 0.632. The number of hydrogen-bond acceptors (Lipinski definition) is 3. The Morgan fingerprint density at radius 2 is 1.78 bits per heavy atom. The minimum Gasteiger partial charge on any atom is -0.405 e. The third kappa shape index (κ3) is 4.35. The number of alkyl halides is 3. The number of benzene rings is 1. The van der Waals surface area contributed by atoms with Gasteiger partial charge < -0.3 is 15.0 Å². The Kier molecular flexibility index (Phi) is 5.64. The highest BCUT2D eigenvalue weighted by Crippen LogP contribution is 2.52. The largest absolute Gasteiger partial charge is 0.573 e. The first-order valence-electron chi connectivity index (χ1n) is 9.19. The van der Waals surface area contributed by atoms with Crippen LogP contribution in [0, 0.1) is 5.92 Å². The number of hydrogen-bond donors (Lipinski definition) is 1. The van der Waals surface area contributed by atoms with Crippen molar-refractivity contribution in [2.45, 2.75) is 62.5 Å². The van der Waals surface area contributed by atoms with Crippen molar-refractivity contribution >= 4 is 18.3 Å². The summed E-state index contributed by atoms with van der Waals surface area (Å²) in [5, 5.41) is 3.56. The van der Waals surface area contributed by atoms with Crippen LogP contribution in [0.4, 0.5) is 13.2 Å². The molecule has 0 radical (unpaired) electrons. The summed E-state index contributed by atoms with van der Waals surface area (Å²) < 4.78 is 42.0. The van der Waals surface area contributed by atoms with Crippen LogP contribution in [0.5, 0.6) is 5.75 Å². The van der Waals surface area contributed by atoms with Gasteiger partial charge >= 0.3 is 6.36 Å². The highest BCUT2D eigenvalue weighted by atomic mass is 35.5. The molecule has 1 aromatic carbocycles. The molecule has 8 heteroatoms. The average molecular weight is 405 g/mol. The van der Waals surface area contributed by atoms with E-state index in [9.17, 15) is 18.0 Å². The predicted molar refractivity (Wildman–Crippen MR) is 97.0 cm³/mol. The van der Waals surface area contributed by atoms with E-state index in [2.05, 4.69) is 10.1 Å². The predicted octanol–water partition coefficient (Wildman–Crippen LogP) is 3.85. The number of ether oxygens (including phenoxy) is 1. The van der Waals surface area contributed by atoms with Gasteiger partial charge in [0.25, 0.3) is 0 Å². The fourth-order valence-corrected chi connectivity index (χ4v) is 4.60. The van der Waals surface area contributed by atoms with Gasteiger partial charge in [-0.15, -0.1) is 25.6 Å². The van der Waals surface area contributed by atoms with Crippen molar-refractivity contribution in [2.75, 3.05) is 7.05 Å². The van der Waals surface area contributed by atoms with Crippen LogP contribution in [0.25, 0.3) is 0 Å². The molecule has 1 amide bonds. The van der Waals surface area contributed by atoms with Crippen molar-refractivity contribution in [2.24, 2.45) is 5.92 Å². The summed E-state index contributed by atoms with van der Waals surface area (Å²) in [6.07, 6.45) is 0.109. The molecule has 27 heavy (non-hydrogen) atoms. The second kappa shape index (κ2) is 7.51. The van der Waals surface area contributed by atoms with Crippen molar-refractivity contribution in [1.82, 2.24) is 10.2 Å². The van der Waals surface area contributed by atoms with E-state index in [0.717, 1.165) is 25.7 Å². The van der Waals surface area contributed by atoms with Gasteiger partial charge in [0, 0.05) is 31.1 Å². The minimum absolute atomic E-state index is 0. The SMILES string of the molecule is CN(C(=O)C1CC1c1ccccc1OC(F)(F)F)C1CC2CCC(C1)N2.Cl. The van der Waals surface area contributed by atoms with Crippen LogP contribution in [0.3, 0.4) is 0 Å². The second-order valence-corrected chi connectivity index (χ2v) is 7.75. The maximum atomic E-state index is 12.9.